The van der Waals surface area contributed by atoms with Gasteiger partial charge in [0.25, 0.3) is 5.91 Å². The predicted octanol–water partition coefficient (Wildman–Crippen LogP) is 1.85. The van der Waals surface area contributed by atoms with Crippen molar-refractivity contribution < 1.29 is 9.90 Å². The molecule has 0 aromatic heterocycles. The van der Waals surface area contributed by atoms with Gasteiger partial charge in [-0.2, -0.15) is 0 Å². The van der Waals surface area contributed by atoms with Gasteiger partial charge in [-0.1, -0.05) is 30.3 Å². The molecule has 21 heavy (non-hydrogen) atoms. The molecule has 0 aliphatic carbocycles. The van der Waals surface area contributed by atoms with Gasteiger partial charge < -0.3 is 15.7 Å². The minimum atomic E-state index is -0.0820. The molecule has 0 bridgehead atoms. The third kappa shape index (κ3) is 2.44. The number of hydrogen-bond acceptors (Lipinski definition) is 3. The number of carbonyl (C=O) groups excluding carboxylic acids is 1. The Balaban J connectivity index is 2.06. The highest BCUT2D eigenvalue weighted by Crippen LogP contribution is 2.30. The lowest BCUT2D eigenvalue weighted by molar-refractivity contribution is 0.0966. The van der Waals surface area contributed by atoms with Crippen molar-refractivity contribution in [2.45, 2.75) is 12.6 Å². The fourth-order valence-corrected chi connectivity index (χ4v) is 2.81. The lowest BCUT2D eigenvalue weighted by atomic mass is 9.94. The van der Waals surface area contributed by atoms with Crippen LogP contribution in [-0.4, -0.2) is 24.7 Å². The first-order valence-electron chi connectivity index (χ1n) is 7.03. The van der Waals surface area contributed by atoms with Gasteiger partial charge in [0.05, 0.1) is 12.6 Å². The molecule has 0 spiro atoms. The molecule has 1 unspecified atom stereocenters. The van der Waals surface area contributed by atoms with Crippen LogP contribution in [0.15, 0.2) is 42.5 Å². The summed E-state index contributed by atoms with van der Waals surface area (Å²) in [7, 11) is 1.83. The van der Waals surface area contributed by atoms with Crippen LogP contribution >= 0.6 is 0 Å². The molecule has 2 aromatic rings. The molecule has 1 aliphatic rings. The van der Waals surface area contributed by atoms with Crippen LogP contribution in [0.25, 0.3) is 11.1 Å². The van der Waals surface area contributed by atoms with E-state index in [9.17, 15) is 9.90 Å². The number of aliphatic hydroxyl groups excluding tert-OH is 1. The lowest BCUT2D eigenvalue weighted by Gasteiger charge is -2.15. The summed E-state index contributed by atoms with van der Waals surface area (Å²) in [4.78, 5) is 11.8. The van der Waals surface area contributed by atoms with Crippen molar-refractivity contribution in [1.29, 1.82) is 0 Å². The van der Waals surface area contributed by atoms with E-state index in [0.29, 0.717) is 6.54 Å². The largest absolute Gasteiger partial charge is 0.394 e. The summed E-state index contributed by atoms with van der Waals surface area (Å²) in [5, 5.41) is 15.4. The van der Waals surface area contributed by atoms with Gasteiger partial charge in [0, 0.05) is 12.1 Å². The molecule has 2 aromatic carbocycles. The third-order valence-electron chi connectivity index (χ3n) is 3.98. The van der Waals surface area contributed by atoms with E-state index in [1.807, 2.05) is 43.4 Å². The number of nitrogens with one attached hydrogen (secondary N) is 2. The van der Waals surface area contributed by atoms with Gasteiger partial charge in [-0.05, 0) is 41.4 Å². The molecule has 1 atom stereocenters. The summed E-state index contributed by atoms with van der Waals surface area (Å²) >= 11 is 0. The number of carbonyl (C=O) groups is 1. The number of amides is 1. The van der Waals surface area contributed by atoms with Gasteiger partial charge >= 0.3 is 0 Å². The van der Waals surface area contributed by atoms with Crippen molar-refractivity contribution in [2.24, 2.45) is 0 Å². The van der Waals surface area contributed by atoms with Gasteiger partial charge in [-0.15, -0.1) is 0 Å². The van der Waals surface area contributed by atoms with Gasteiger partial charge in [0.15, 0.2) is 0 Å². The Hall–Kier alpha value is -2.17. The van der Waals surface area contributed by atoms with Gasteiger partial charge in [-0.25, -0.2) is 0 Å². The summed E-state index contributed by atoms with van der Waals surface area (Å²) in [6.07, 6.45) is 0. The summed E-state index contributed by atoms with van der Waals surface area (Å²) in [5.41, 5.74) is 4.97. The highest BCUT2D eigenvalue weighted by atomic mass is 16.3. The number of aliphatic hydroxyl groups is 1. The van der Waals surface area contributed by atoms with Crippen LogP contribution in [0.1, 0.15) is 27.5 Å². The molecule has 0 fully saturated rings. The number of fused-ring (bicyclic) bond motifs is 1. The van der Waals surface area contributed by atoms with Crippen molar-refractivity contribution in [2.75, 3.05) is 13.7 Å². The Morgan fingerprint density at radius 2 is 2.00 bits per heavy atom. The molecule has 0 saturated carbocycles. The SMILES string of the molecule is CNC(CO)c1cccc(-c2cccc3c2CNC3=O)c1. The number of hydrogen-bond donors (Lipinski definition) is 3. The Morgan fingerprint density at radius 3 is 2.76 bits per heavy atom. The van der Waals surface area contributed by atoms with Crippen LogP contribution < -0.4 is 10.6 Å². The lowest BCUT2D eigenvalue weighted by Crippen LogP contribution is -2.19. The molecular formula is C17H18N2O2. The van der Waals surface area contributed by atoms with E-state index in [2.05, 4.69) is 16.7 Å². The molecule has 0 saturated heterocycles. The molecule has 3 N–H and O–H groups in total. The van der Waals surface area contributed by atoms with E-state index in [-0.39, 0.29) is 18.6 Å². The first-order chi connectivity index (χ1) is 10.2. The summed E-state index contributed by atoms with van der Waals surface area (Å²) in [6, 6.07) is 13.8. The van der Waals surface area contributed by atoms with E-state index in [1.165, 1.54) is 0 Å². The standard InChI is InChI=1S/C17H18N2O2/c1-18-16(10-20)12-5-2-4-11(8-12)13-6-3-7-14-15(13)9-19-17(14)21/h2-8,16,18,20H,9-10H2,1H3,(H,19,21). The molecule has 3 rings (SSSR count). The molecular weight excluding hydrogens is 264 g/mol. The van der Waals surface area contributed by atoms with Crippen molar-refractivity contribution in [3.8, 4) is 11.1 Å². The maximum absolute atomic E-state index is 11.8. The predicted molar refractivity (Wildman–Crippen MR) is 81.9 cm³/mol. The summed E-state index contributed by atoms with van der Waals surface area (Å²) < 4.78 is 0. The van der Waals surface area contributed by atoms with Gasteiger partial charge in [-0.3, -0.25) is 4.79 Å². The minimum Gasteiger partial charge on any atom is -0.394 e. The normalized spacial score (nSPS) is 14.7. The average Bonchev–Trinajstić information content (AvgIpc) is 2.91. The average molecular weight is 282 g/mol. The van der Waals surface area contributed by atoms with E-state index in [1.54, 1.807) is 0 Å². The van der Waals surface area contributed by atoms with Gasteiger partial charge in [0.2, 0.25) is 0 Å². The fourth-order valence-electron chi connectivity index (χ4n) is 2.81. The van der Waals surface area contributed by atoms with Crippen LogP contribution in [0.2, 0.25) is 0 Å². The Morgan fingerprint density at radius 1 is 1.24 bits per heavy atom. The van der Waals surface area contributed by atoms with Gasteiger partial charge in [0.1, 0.15) is 0 Å². The van der Waals surface area contributed by atoms with Crippen molar-refractivity contribution in [1.82, 2.24) is 10.6 Å². The fraction of sp³-hybridized carbons (Fsp3) is 0.235. The van der Waals surface area contributed by atoms with E-state index >= 15 is 0 Å². The monoisotopic (exact) mass is 282 g/mol. The van der Waals surface area contributed by atoms with Crippen LogP contribution in [-0.2, 0) is 6.54 Å². The zero-order valence-corrected chi connectivity index (χ0v) is 11.9. The van der Waals surface area contributed by atoms with E-state index in [4.69, 9.17) is 0 Å². The minimum absolute atomic E-state index is 0.00790. The zero-order chi connectivity index (χ0) is 14.8. The molecule has 1 aliphatic heterocycles. The highest BCUT2D eigenvalue weighted by molar-refractivity contribution is 6.00. The van der Waals surface area contributed by atoms with E-state index in [0.717, 1.165) is 27.8 Å². The number of rotatable bonds is 4. The molecule has 108 valence electrons. The molecule has 1 heterocycles. The maximum atomic E-state index is 11.8. The van der Waals surface area contributed by atoms with Crippen molar-refractivity contribution >= 4 is 5.91 Å². The smallest absolute Gasteiger partial charge is 0.251 e. The van der Waals surface area contributed by atoms with Crippen LogP contribution in [0.5, 0.6) is 0 Å². The van der Waals surface area contributed by atoms with Crippen LogP contribution in [0, 0.1) is 0 Å². The van der Waals surface area contributed by atoms with E-state index < -0.39 is 0 Å². The first kappa shape index (κ1) is 13.8. The maximum Gasteiger partial charge on any atom is 0.251 e. The Labute approximate surface area is 123 Å². The second-order valence-corrected chi connectivity index (χ2v) is 5.16. The molecule has 4 heteroatoms. The van der Waals surface area contributed by atoms with Crippen LogP contribution in [0.4, 0.5) is 0 Å². The quantitative estimate of drug-likeness (QED) is 0.802. The second-order valence-electron chi connectivity index (χ2n) is 5.16. The third-order valence-corrected chi connectivity index (χ3v) is 3.98. The van der Waals surface area contributed by atoms with Crippen LogP contribution in [0.3, 0.4) is 0 Å². The highest BCUT2D eigenvalue weighted by Gasteiger charge is 2.22. The molecule has 0 radical (unpaired) electrons. The van der Waals surface area contributed by atoms with Crippen molar-refractivity contribution in [3.63, 3.8) is 0 Å². The summed E-state index contributed by atoms with van der Waals surface area (Å²) in [6.45, 7) is 0.622. The number of likely N-dealkylation sites (N-methyl/N-ethyl adjacent to an activating group) is 1. The number of benzene rings is 2. The molecule has 1 amide bonds. The Kier molecular flexibility index (Phi) is 3.73. The topological polar surface area (TPSA) is 61.4 Å². The zero-order valence-electron chi connectivity index (χ0n) is 11.9. The summed E-state index contributed by atoms with van der Waals surface area (Å²) in [5.74, 6) is -0.00790. The Bertz CT molecular complexity index is 678. The molecule has 4 nitrogen and oxygen atoms in total. The first-order valence-corrected chi connectivity index (χ1v) is 7.03. The van der Waals surface area contributed by atoms with Crippen molar-refractivity contribution in [3.05, 3.63) is 59.2 Å². The second kappa shape index (κ2) is 5.68.